The Morgan fingerprint density at radius 3 is 2.48 bits per heavy atom. The SMILES string of the molecule is CC1(C)OC2C(=O)[C@@]3(CN(C(=O)C(C)(C)C)C(=O)O3)OC[C@H]2O1. The van der Waals surface area contributed by atoms with Crippen molar-refractivity contribution in [3.05, 3.63) is 0 Å². The lowest BCUT2D eigenvalue weighted by molar-refractivity contribution is -0.219. The molecule has 0 radical (unpaired) electrons. The Morgan fingerprint density at radius 2 is 1.87 bits per heavy atom. The Labute approximate surface area is 134 Å². The van der Waals surface area contributed by atoms with Crippen molar-refractivity contribution in [2.45, 2.75) is 58.4 Å². The van der Waals surface area contributed by atoms with Crippen molar-refractivity contribution in [3.8, 4) is 0 Å². The second-order valence-corrected chi connectivity index (χ2v) is 7.53. The van der Waals surface area contributed by atoms with E-state index in [1.165, 1.54) is 0 Å². The molecule has 0 saturated carbocycles. The lowest BCUT2D eigenvalue weighted by atomic mass is 9.94. The van der Waals surface area contributed by atoms with Crippen LogP contribution in [0, 0.1) is 5.41 Å². The monoisotopic (exact) mass is 327 g/mol. The van der Waals surface area contributed by atoms with E-state index in [-0.39, 0.29) is 13.2 Å². The first-order chi connectivity index (χ1) is 10.5. The van der Waals surface area contributed by atoms with E-state index in [0.717, 1.165) is 4.90 Å². The molecule has 2 amide bonds. The van der Waals surface area contributed by atoms with Crippen molar-refractivity contribution in [2.24, 2.45) is 5.41 Å². The van der Waals surface area contributed by atoms with E-state index < -0.39 is 47.0 Å². The lowest BCUT2D eigenvalue weighted by Gasteiger charge is -2.34. The molecule has 3 fully saturated rings. The van der Waals surface area contributed by atoms with E-state index in [2.05, 4.69) is 0 Å². The summed E-state index contributed by atoms with van der Waals surface area (Å²) in [5.74, 6) is -3.68. The van der Waals surface area contributed by atoms with Gasteiger partial charge in [0.1, 0.15) is 12.6 Å². The van der Waals surface area contributed by atoms with Crippen LogP contribution in [0.5, 0.6) is 0 Å². The number of ketones is 1. The highest BCUT2D eigenvalue weighted by Gasteiger charge is 2.64. The molecule has 3 aliphatic rings. The third-order valence-corrected chi connectivity index (χ3v) is 4.02. The predicted molar refractivity (Wildman–Crippen MR) is 75.2 cm³/mol. The Morgan fingerprint density at radius 1 is 1.22 bits per heavy atom. The molecule has 23 heavy (non-hydrogen) atoms. The molecule has 3 atom stereocenters. The standard InChI is InChI=1S/C15H21NO7/c1-13(2,3)11(18)16-7-15(23-12(16)19)10(17)9-8(6-20-15)21-14(4,5)22-9/h8-9H,6-7H2,1-5H3/t8-,9?,15+/m1/s1. The molecule has 0 aromatic heterocycles. The smallest absolute Gasteiger partial charge is 0.406 e. The van der Waals surface area contributed by atoms with Gasteiger partial charge in [-0.05, 0) is 13.8 Å². The average Bonchev–Trinajstić information content (AvgIpc) is 2.90. The summed E-state index contributed by atoms with van der Waals surface area (Å²) in [5, 5.41) is 0. The van der Waals surface area contributed by atoms with Crippen LogP contribution in [0.15, 0.2) is 0 Å². The molecule has 0 N–H and O–H groups in total. The highest BCUT2D eigenvalue weighted by atomic mass is 16.8. The van der Waals surface area contributed by atoms with Gasteiger partial charge in [0.15, 0.2) is 11.9 Å². The zero-order valence-electron chi connectivity index (χ0n) is 13.9. The van der Waals surface area contributed by atoms with E-state index in [9.17, 15) is 14.4 Å². The van der Waals surface area contributed by atoms with Gasteiger partial charge in [0, 0.05) is 5.41 Å². The van der Waals surface area contributed by atoms with Gasteiger partial charge < -0.3 is 18.9 Å². The van der Waals surface area contributed by atoms with E-state index in [4.69, 9.17) is 18.9 Å². The molecule has 3 heterocycles. The first-order valence-electron chi connectivity index (χ1n) is 7.54. The summed E-state index contributed by atoms with van der Waals surface area (Å²) in [5.41, 5.74) is -0.778. The summed E-state index contributed by atoms with van der Waals surface area (Å²) in [6, 6.07) is 0. The first-order valence-corrected chi connectivity index (χ1v) is 7.54. The van der Waals surface area contributed by atoms with Crippen molar-refractivity contribution in [1.82, 2.24) is 4.90 Å². The highest BCUT2D eigenvalue weighted by Crippen LogP contribution is 2.39. The molecule has 128 valence electrons. The van der Waals surface area contributed by atoms with Gasteiger partial charge in [-0.3, -0.25) is 9.59 Å². The summed E-state index contributed by atoms with van der Waals surface area (Å²) < 4.78 is 21.9. The third-order valence-electron chi connectivity index (χ3n) is 4.02. The number of hydrogen-bond acceptors (Lipinski definition) is 7. The number of amides is 2. The number of ether oxygens (including phenoxy) is 4. The van der Waals surface area contributed by atoms with Crippen LogP contribution in [-0.4, -0.2) is 59.6 Å². The zero-order chi connectivity index (χ0) is 17.2. The topological polar surface area (TPSA) is 91.4 Å². The van der Waals surface area contributed by atoms with Crippen molar-refractivity contribution in [1.29, 1.82) is 0 Å². The van der Waals surface area contributed by atoms with Crippen LogP contribution in [0.4, 0.5) is 4.79 Å². The fourth-order valence-corrected chi connectivity index (χ4v) is 2.95. The lowest BCUT2D eigenvalue weighted by Crippen LogP contribution is -2.59. The minimum Gasteiger partial charge on any atom is -0.406 e. The molecule has 0 bridgehead atoms. The summed E-state index contributed by atoms with van der Waals surface area (Å²) in [6.07, 6.45) is -2.31. The number of carbonyl (C=O) groups excluding carboxylic acids is 3. The molecule has 1 unspecified atom stereocenters. The summed E-state index contributed by atoms with van der Waals surface area (Å²) in [7, 11) is 0. The molecule has 0 aliphatic carbocycles. The van der Waals surface area contributed by atoms with Crippen LogP contribution >= 0.6 is 0 Å². The number of fused-ring (bicyclic) bond motifs is 1. The van der Waals surface area contributed by atoms with Crippen molar-refractivity contribution < 1.29 is 33.3 Å². The van der Waals surface area contributed by atoms with Crippen LogP contribution < -0.4 is 0 Å². The van der Waals surface area contributed by atoms with Crippen LogP contribution in [0.2, 0.25) is 0 Å². The van der Waals surface area contributed by atoms with Gasteiger partial charge in [-0.25, -0.2) is 9.69 Å². The minimum absolute atomic E-state index is 0.0463. The molecule has 0 aromatic carbocycles. The fraction of sp³-hybridized carbons (Fsp3) is 0.800. The molecule has 8 nitrogen and oxygen atoms in total. The van der Waals surface area contributed by atoms with Gasteiger partial charge in [-0.1, -0.05) is 20.8 Å². The first kappa shape index (κ1) is 16.4. The Bertz CT molecular complexity index is 579. The molecule has 0 aromatic rings. The second kappa shape index (κ2) is 4.75. The average molecular weight is 327 g/mol. The summed E-state index contributed by atoms with van der Waals surface area (Å²) in [4.78, 5) is 38.1. The molecular formula is C15H21NO7. The quantitative estimate of drug-likeness (QED) is 0.650. The maximum Gasteiger partial charge on any atom is 0.419 e. The van der Waals surface area contributed by atoms with Crippen LogP contribution in [0.1, 0.15) is 34.6 Å². The summed E-state index contributed by atoms with van der Waals surface area (Å²) >= 11 is 0. The number of carbonyl (C=O) groups is 3. The maximum atomic E-state index is 12.7. The van der Waals surface area contributed by atoms with E-state index in [0.29, 0.717) is 0 Å². The van der Waals surface area contributed by atoms with Crippen molar-refractivity contribution in [3.63, 3.8) is 0 Å². The van der Waals surface area contributed by atoms with Gasteiger partial charge in [0.25, 0.3) is 5.79 Å². The van der Waals surface area contributed by atoms with Gasteiger partial charge in [-0.2, -0.15) is 0 Å². The van der Waals surface area contributed by atoms with Crippen molar-refractivity contribution in [2.75, 3.05) is 13.2 Å². The van der Waals surface area contributed by atoms with Gasteiger partial charge in [-0.15, -0.1) is 0 Å². The minimum atomic E-state index is -1.80. The number of Topliss-reactive ketones (excluding diaryl/α,β-unsaturated/α-hetero) is 1. The molecule has 8 heteroatoms. The fourth-order valence-electron chi connectivity index (χ4n) is 2.95. The zero-order valence-corrected chi connectivity index (χ0v) is 13.9. The van der Waals surface area contributed by atoms with Gasteiger partial charge in [0.05, 0.1) is 6.61 Å². The molecule has 3 aliphatic heterocycles. The normalized spacial score (nSPS) is 36.3. The van der Waals surface area contributed by atoms with Crippen molar-refractivity contribution >= 4 is 17.8 Å². The van der Waals surface area contributed by atoms with E-state index in [1.54, 1.807) is 34.6 Å². The number of hydrogen-bond donors (Lipinski definition) is 0. The van der Waals surface area contributed by atoms with Crippen LogP contribution in [-0.2, 0) is 28.5 Å². The number of imide groups is 1. The Hall–Kier alpha value is -1.51. The molecule has 3 rings (SSSR count). The Kier molecular flexibility index (Phi) is 3.38. The second-order valence-electron chi connectivity index (χ2n) is 7.53. The molecular weight excluding hydrogens is 306 g/mol. The van der Waals surface area contributed by atoms with Gasteiger partial charge >= 0.3 is 6.09 Å². The van der Waals surface area contributed by atoms with Crippen LogP contribution in [0.3, 0.4) is 0 Å². The predicted octanol–water partition coefficient (Wildman–Crippen LogP) is 0.827. The largest absolute Gasteiger partial charge is 0.419 e. The Balaban J connectivity index is 1.83. The molecule has 1 spiro atoms. The van der Waals surface area contributed by atoms with Gasteiger partial charge in [0.2, 0.25) is 11.7 Å². The summed E-state index contributed by atoms with van der Waals surface area (Å²) in [6.45, 7) is 8.22. The number of rotatable bonds is 0. The van der Waals surface area contributed by atoms with E-state index in [1.807, 2.05) is 0 Å². The third kappa shape index (κ3) is 2.54. The highest BCUT2D eigenvalue weighted by molar-refractivity contribution is 6.01. The number of nitrogens with zero attached hydrogens (tertiary/aromatic N) is 1. The van der Waals surface area contributed by atoms with Crippen LogP contribution in [0.25, 0.3) is 0 Å². The molecule has 3 saturated heterocycles. The van der Waals surface area contributed by atoms with E-state index >= 15 is 0 Å². The maximum absolute atomic E-state index is 12.7.